The largest absolute Gasteiger partial charge is 0.347 e. The first-order valence-corrected chi connectivity index (χ1v) is 6.96. The lowest BCUT2D eigenvalue weighted by atomic mass is 10.1. The monoisotopic (exact) mass is 283 g/mol. The van der Waals surface area contributed by atoms with Gasteiger partial charge >= 0.3 is 0 Å². The van der Waals surface area contributed by atoms with Crippen LogP contribution in [-0.4, -0.2) is 25.0 Å². The molecule has 0 saturated heterocycles. The van der Waals surface area contributed by atoms with Crippen molar-refractivity contribution in [1.29, 1.82) is 0 Å². The molecule has 4 heteroatoms. The minimum Gasteiger partial charge on any atom is -0.347 e. The smallest absolute Gasteiger partial charge is 0.275 e. The second-order valence-electron chi connectivity index (χ2n) is 6.06. The molecule has 0 aromatic heterocycles. The first kappa shape index (κ1) is 16.0. The summed E-state index contributed by atoms with van der Waals surface area (Å²) in [6, 6.07) is 7.97. The highest BCUT2D eigenvalue weighted by molar-refractivity contribution is 6.31. The van der Waals surface area contributed by atoms with Crippen LogP contribution < -0.4 is 10.2 Å². The summed E-state index contributed by atoms with van der Waals surface area (Å²) in [5, 5.41) is 3.73. The number of likely N-dealkylation sites (N-methyl/N-ethyl adjacent to an activating group) is 1. The summed E-state index contributed by atoms with van der Waals surface area (Å²) in [4.78, 5) is 13.0. The van der Waals surface area contributed by atoms with Crippen LogP contribution in [0, 0.1) is 0 Å². The van der Waals surface area contributed by atoms with E-state index in [0.717, 1.165) is 15.5 Å². The molecule has 2 N–H and O–H groups in total. The summed E-state index contributed by atoms with van der Waals surface area (Å²) < 4.78 is 0. The maximum Gasteiger partial charge on any atom is 0.275 e. The van der Waals surface area contributed by atoms with Crippen molar-refractivity contribution >= 4 is 17.5 Å². The molecule has 1 unspecified atom stereocenters. The Balaban J connectivity index is 2.66. The molecule has 106 valence electrons. The Labute approximate surface area is 120 Å². The number of carbonyl (C=O) groups is 1. The van der Waals surface area contributed by atoms with Crippen molar-refractivity contribution < 1.29 is 9.69 Å². The lowest BCUT2D eigenvalue weighted by Gasteiger charge is -2.25. The first-order valence-electron chi connectivity index (χ1n) is 6.58. The first-order chi connectivity index (χ1) is 8.70. The van der Waals surface area contributed by atoms with Gasteiger partial charge in [0.1, 0.15) is 6.04 Å². The molecule has 3 nitrogen and oxygen atoms in total. The fourth-order valence-corrected chi connectivity index (χ4v) is 2.26. The third-order valence-corrected chi connectivity index (χ3v) is 3.41. The van der Waals surface area contributed by atoms with Crippen molar-refractivity contribution in [2.75, 3.05) is 13.6 Å². The predicted octanol–water partition coefficient (Wildman–Crippen LogP) is 1.83. The van der Waals surface area contributed by atoms with Crippen molar-refractivity contribution in [3.8, 4) is 0 Å². The minimum atomic E-state index is -0.189. The lowest BCUT2D eigenvalue weighted by Crippen LogP contribution is -3.10. The molecule has 0 fully saturated rings. The molecule has 19 heavy (non-hydrogen) atoms. The van der Waals surface area contributed by atoms with E-state index >= 15 is 0 Å². The van der Waals surface area contributed by atoms with E-state index in [4.69, 9.17) is 11.6 Å². The van der Waals surface area contributed by atoms with Gasteiger partial charge in [-0.05, 0) is 33.8 Å². The molecule has 1 aromatic rings. The fourth-order valence-electron chi connectivity index (χ4n) is 1.96. The molecule has 0 aliphatic heterocycles. The second kappa shape index (κ2) is 6.40. The fraction of sp³-hybridized carbons (Fsp3) is 0.533. The maximum absolute atomic E-state index is 11.9. The quantitative estimate of drug-likeness (QED) is 0.868. The van der Waals surface area contributed by atoms with Gasteiger partial charge in [0.05, 0.1) is 7.05 Å². The van der Waals surface area contributed by atoms with Crippen molar-refractivity contribution in [2.24, 2.45) is 0 Å². The number of nitrogens with one attached hydrogen (secondary N) is 2. The van der Waals surface area contributed by atoms with Crippen molar-refractivity contribution in [1.82, 2.24) is 5.32 Å². The number of amides is 1. The zero-order valence-electron chi connectivity index (χ0n) is 12.4. The highest BCUT2D eigenvalue weighted by Gasteiger charge is 2.22. The van der Waals surface area contributed by atoms with Gasteiger partial charge in [0.25, 0.3) is 5.91 Å². The minimum absolute atomic E-state index is 0.0592. The third kappa shape index (κ3) is 5.21. The van der Waals surface area contributed by atoms with Gasteiger partial charge in [0.2, 0.25) is 0 Å². The van der Waals surface area contributed by atoms with Gasteiger partial charge in [-0.15, -0.1) is 0 Å². The summed E-state index contributed by atoms with van der Waals surface area (Å²) in [6.07, 6.45) is 0. The van der Waals surface area contributed by atoms with E-state index in [1.165, 1.54) is 0 Å². The molecule has 0 aliphatic rings. The summed E-state index contributed by atoms with van der Waals surface area (Å²) in [5.41, 5.74) is 0.885. The zero-order valence-corrected chi connectivity index (χ0v) is 13.1. The molecule has 0 heterocycles. The van der Waals surface area contributed by atoms with Crippen LogP contribution in [0.2, 0.25) is 5.02 Å². The van der Waals surface area contributed by atoms with Crippen molar-refractivity contribution in [3.63, 3.8) is 0 Å². The van der Waals surface area contributed by atoms with Gasteiger partial charge in [0, 0.05) is 16.1 Å². The Bertz CT molecular complexity index is 440. The maximum atomic E-state index is 11.9. The summed E-state index contributed by atoms with van der Waals surface area (Å²) in [7, 11) is 2.01. The third-order valence-electron chi connectivity index (χ3n) is 3.06. The lowest BCUT2D eigenvalue weighted by molar-refractivity contribution is -0.902. The molecular formula is C15H24ClN2O+. The standard InChI is InChI=1S/C15H23ClN2O/c1-11(12-8-6-7-9-13(12)16)18(5)10-14(19)17-15(2,3)4/h6-9,11H,10H2,1-5H3,(H,17,19)/p+1/t11-/m0/s1. The Hall–Kier alpha value is -1.06. The number of hydrogen-bond acceptors (Lipinski definition) is 1. The van der Waals surface area contributed by atoms with E-state index in [9.17, 15) is 4.79 Å². The molecular weight excluding hydrogens is 260 g/mol. The number of rotatable bonds is 4. The topological polar surface area (TPSA) is 33.5 Å². The van der Waals surface area contributed by atoms with E-state index in [1.54, 1.807) is 0 Å². The van der Waals surface area contributed by atoms with Crippen LogP contribution in [-0.2, 0) is 4.79 Å². The number of quaternary nitrogens is 1. The molecule has 0 radical (unpaired) electrons. The SMILES string of the molecule is C[C@@H](c1ccccc1Cl)[NH+](C)CC(=O)NC(C)(C)C. The van der Waals surface area contributed by atoms with E-state index < -0.39 is 0 Å². The molecule has 0 bridgehead atoms. The van der Waals surface area contributed by atoms with Crippen LogP contribution in [0.1, 0.15) is 39.3 Å². The van der Waals surface area contributed by atoms with E-state index in [1.807, 2.05) is 52.1 Å². The average Bonchev–Trinajstić information content (AvgIpc) is 2.26. The number of carbonyl (C=O) groups excluding carboxylic acids is 1. The van der Waals surface area contributed by atoms with Gasteiger partial charge in [-0.1, -0.05) is 29.8 Å². The van der Waals surface area contributed by atoms with Crippen LogP contribution in [0.15, 0.2) is 24.3 Å². The highest BCUT2D eigenvalue weighted by Crippen LogP contribution is 2.19. The molecule has 0 aliphatic carbocycles. The summed E-state index contributed by atoms with van der Waals surface area (Å²) >= 11 is 6.19. The molecule has 0 saturated carbocycles. The van der Waals surface area contributed by atoms with Crippen molar-refractivity contribution in [3.05, 3.63) is 34.9 Å². The van der Waals surface area contributed by atoms with E-state index in [0.29, 0.717) is 6.54 Å². The van der Waals surface area contributed by atoms with E-state index in [2.05, 4.69) is 12.2 Å². The van der Waals surface area contributed by atoms with Gasteiger partial charge < -0.3 is 10.2 Å². The van der Waals surface area contributed by atoms with Crippen LogP contribution in [0.3, 0.4) is 0 Å². The molecule has 0 spiro atoms. The van der Waals surface area contributed by atoms with Gasteiger partial charge in [-0.3, -0.25) is 4.79 Å². The molecule has 2 atom stereocenters. The summed E-state index contributed by atoms with van der Waals surface area (Å²) in [6.45, 7) is 8.47. The van der Waals surface area contributed by atoms with Crippen molar-refractivity contribution in [2.45, 2.75) is 39.3 Å². The predicted molar refractivity (Wildman–Crippen MR) is 79.5 cm³/mol. The summed E-state index contributed by atoms with van der Waals surface area (Å²) in [5.74, 6) is 0.0592. The van der Waals surface area contributed by atoms with Gasteiger partial charge in [-0.25, -0.2) is 0 Å². The van der Waals surface area contributed by atoms with Crippen LogP contribution in [0.4, 0.5) is 0 Å². The molecule has 1 aromatic carbocycles. The number of hydrogen-bond donors (Lipinski definition) is 2. The van der Waals surface area contributed by atoms with Gasteiger partial charge in [0.15, 0.2) is 6.54 Å². The Morgan fingerprint density at radius 2 is 1.95 bits per heavy atom. The molecule has 1 rings (SSSR count). The average molecular weight is 284 g/mol. The van der Waals surface area contributed by atoms with Gasteiger partial charge in [-0.2, -0.15) is 0 Å². The Morgan fingerprint density at radius 3 is 2.47 bits per heavy atom. The van der Waals surface area contributed by atoms with E-state index in [-0.39, 0.29) is 17.5 Å². The number of halogens is 1. The van der Waals surface area contributed by atoms with Crippen LogP contribution in [0.5, 0.6) is 0 Å². The van der Waals surface area contributed by atoms with Crippen LogP contribution in [0.25, 0.3) is 0 Å². The zero-order chi connectivity index (χ0) is 14.6. The molecule has 1 amide bonds. The Kier molecular flexibility index (Phi) is 5.39. The van der Waals surface area contributed by atoms with Crippen LogP contribution >= 0.6 is 11.6 Å². The second-order valence-corrected chi connectivity index (χ2v) is 6.47. The Morgan fingerprint density at radius 1 is 1.37 bits per heavy atom. The normalized spacial score (nSPS) is 14.8. The number of benzene rings is 1. The highest BCUT2D eigenvalue weighted by atomic mass is 35.5.